The first-order valence-corrected chi connectivity index (χ1v) is 9.26. The molecule has 2 fully saturated rings. The summed E-state index contributed by atoms with van der Waals surface area (Å²) < 4.78 is 5.38. The van der Waals surface area contributed by atoms with E-state index in [2.05, 4.69) is 21.6 Å². The number of likely N-dealkylation sites (tertiary alicyclic amines) is 1. The molecule has 122 valence electrons. The molecule has 0 aromatic carbocycles. The van der Waals surface area contributed by atoms with E-state index in [0.29, 0.717) is 11.7 Å². The second-order valence-electron chi connectivity index (χ2n) is 6.64. The topological polar surface area (TPSA) is 59.2 Å². The molecule has 1 aliphatic heterocycles. The first-order valence-electron chi connectivity index (χ1n) is 8.38. The lowest BCUT2D eigenvalue weighted by Crippen LogP contribution is -2.35. The minimum Gasteiger partial charge on any atom is -0.339 e. The summed E-state index contributed by atoms with van der Waals surface area (Å²) in [6.45, 7) is 2.81. The zero-order valence-corrected chi connectivity index (χ0v) is 14.1. The van der Waals surface area contributed by atoms with Crippen molar-refractivity contribution in [2.24, 2.45) is 5.92 Å². The number of carbonyl (C=O) groups is 1. The lowest BCUT2D eigenvalue weighted by atomic mass is 10.0. The van der Waals surface area contributed by atoms with Crippen LogP contribution in [-0.4, -0.2) is 27.5 Å². The van der Waals surface area contributed by atoms with E-state index in [4.69, 9.17) is 4.52 Å². The second kappa shape index (κ2) is 6.07. The quantitative estimate of drug-likeness (QED) is 0.840. The molecule has 2 aliphatic rings. The van der Waals surface area contributed by atoms with E-state index < -0.39 is 0 Å². The lowest BCUT2D eigenvalue weighted by Gasteiger charge is -2.25. The van der Waals surface area contributed by atoms with Gasteiger partial charge in [0.25, 0.3) is 0 Å². The van der Waals surface area contributed by atoms with Gasteiger partial charge >= 0.3 is 0 Å². The Bertz CT molecular complexity index is 678. The first kappa shape index (κ1) is 14.9. The Balaban J connectivity index is 1.46. The van der Waals surface area contributed by atoms with Gasteiger partial charge in [0.05, 0.1) is 6.04 Å². The van der Waals surface area contributed by atoms with Crippen molar-refractivity contribution in [3.05, 3.63) is 34.1 Å². The Morgan fingerprint density at radius 2 is 2.35 bits per heavy atom. The van der Waals surface area contributed by atoms with Gasteiger partial charge in [-0.1, -0.05) is 18.1 Å². The fourth-order valence-corrected chi connectivity index (χ4v) is 4.11. The molecule has 0 unspecified atom stereocenters. The maximum atomic E-state index is 12.9. The SMILES string of the molecule is C[C@@H](Cc1cccs1)C(=O)N1CCC[C@H]1c1noc(C2CC2)n1. The monoisotopic (exact) mass is 331 g/mol. The van der Waals surface area contributed by atoms with E-state index in [1.54, 1.807) is 11.3 Å². The minimum absolute atomic E-state index is 0.00969. The molecule has 2 aromatic rings. The summed E-state index contributed by atoms with van der Waals surface area (Å²) >= 11 is 1.71. The molecular weight excluding hydrogens is 310 g/mol. The molecule has 0 spiro atoms. The number of amides is 1. The van der Waals surface area contributed by atoms with Crippen LogP contribution in [0.4, 0.5) is 0 Å². The smallest absolute Gasteiger partial charge is 0.229 e. The predicted octanol–water partition coefficient (Wildman–Crippen LogP) is 3.55. The van der Waals surface area contributed by atoms with Gasteiger partial charge in [-0.05, 0) is 43.6 Å². The Morgan fingerprint density at radius 3 is 3.09 bits per heavy atom. The zero-order chi connectivity index (χ0) is 15.8. The molecule has 6 heteroatoms. The molecule has 2 aromatic heterocycles. The van der Waals surface area contributed by atoms with Crippen LogP contribution in [0.25, 0.3) is 0 Å². The standard InChI is InChI=1S/C17H21N3O2S/c1-11(10-13-4-3-9-23-13)17(21)20-8-2-5-14(20)15-18-16(22-19-15)12-6-7-12/h3-4,9,11-12,14H,2,5-8,10H2,1H3/t11-,14-/m0/s1. The van der Waals surface area contributed by atoms with Crippen LogP contribution in [0.2, 0.25) is 0 Å². The lowest BCUT2D eigenvalue weighted by molar-refractivity contribution is -0.136. The summed E-state index contributed by atoms with van der Waals surface area (Å²) in [5.74, 6) is 2.11. The molecule has 4 rings (SSSR count). The average Bonchev–Trinajstić information content (AvgIpc) is 3.01. The van der Waals surface area contributed by atoms with E-state index in [9.17, 15) is 4.79 Å². The van der Waals surface area contributed by atoms with E-state index in [0.717, 1.165) is 44.5 Å². The molecule has 0 N–H and O–H groups in total. The third kappa shape index (κ3) is 3.04. The fraction of sp³-hybridized carbons (Fsp3) is 0.588. The van der Waals surface area contributed by atoms with Crippen LogP contribution in [0.5, 0.6) is 0 Å². The summed E-state index contributed by atoms with van der Waals surface area (Å²) in [5.41, 5.74) is 0. The van der Waals surface area contributed by atoms with Gasteiger partial charge in [-0.15, -0.1) is 11.3 Å². The van der Waals surface area contributed by atoms with Gasteiger partial charge in [-0.2, -0.15) is 4.98 Å². The second-order valence-corrected chi connectivity index (χ2v) is 7.67. The van der Waals surface area contributed by atoms with Crippen molar-refractivity contribution in [1.29, 1.82) is 0 Å². The molecule has 1 aliphatic carbocycles. The molecule has 1 saturated heterocycles. The Kier molecular flexibility index (Phi) is 3.93. The highest BCUT2D eigenvalue weighted by Crippen LogP contribution is 2.40. The number of carbonyl (C=O) groups excluding carboxylic acids is 1. The van der Waals surface area contributed by atoms with Gasteiger partial charge in [0.2, 0.25) is 11.8 Å². The van der Waals surface area contributed by atoms with Crippen molar-refractivity contribution in [1.82, 2.24) is 15.0 Å². The summed E-state index contributed by atoms with van der Waals surface area (Å²) in [6.07, 6.45) is 5.04. The van der Waals surface area contributed by atoms with Gasteiger partial charge in [-0.25, -0.2) is 0 Å². The minimum atomic E-state index is -0.0101. The van der Waals surface area contributed by atoms with E-state index in [1.807, 2.05) is 17.9 Å². The third-order valence-corrected chi connectivity index (χ3v) is 5.63. The van der Waals surface area contributed by atoms with Gasteiger partial charge < -0.3 is 9.42 Å². The number of nitrogens with zero attached hydrogens (tertiary/aromatic N) is 3. The molecule has 23 heavy (non-hydrogen) atoms. The molecule has 2 atom stereocenters. The van der Waals surface area contributed by atoms with Crippen molar-refractivity contribution in [2.45, 2.75) is 51.0 Å². The average molecular weight is 331 g/mol. The highest BCUT2D eigenvalue weighted by atomic mass is 32.1. The third-order valence-electron chi connectivity index (χ3n) is 4.73. The number of rotatable bonds is 5. The van der Waals surface area contributed by atoms with Crippen LogP contribution in [0, 0.1) is 5.92 Å². The predicted molar refractivity (Wildman–Crippen MR) is 87.1 cm³/mol. The Hall–Kier alpha value is -1.69. The Morgan fingerprint density at radius 1 is 1.48 bits per heavy atom. The highest BCUT2D eigenvalue weighted by Gasteiger charge is 2.37. The van der Waals surface area contributed by atoms with Crippen LogP contribution in [0.1, 0.15) is 61.2 Å². The van der Waals surface area contributed by atoms with Gasteiger partial charge in [0.1, 0.15) is 0 Å². The number of aromatic nitrogens is 2. The molecule has 0 radical (unpaired) electrons. The van der Waals surface area contributed by atoms with E-state index >= 15 is 0 Å². The maximum Gasteiger partial charge on any atom is 0.229 e. The molecule has 1 saturated carbocycles. The molecular formula is C17H21N3O2S. The zero-order valence-electron chi connectivity index (χ0n) is 13.3. The molecule has 5 nitrogen and oxygen atoms in total. The summed E-state index contributed by atoms with van der Waals surface area (Å²) in [5, 5.41) is 6.21. The largest absolute Gasteiger partial charge is 0.339 e. The van der Waals surface area contributed by atoms with Crippen LogP contribution < -0.4 is 0 Å². The van der Waals surface area contributed by atoms with Crippen LogP contribution in [0.15, 0.2) is 22.0 Å². The van der Waals surface area contributed by atoms with Crippen molar-refractivity contribution in [3.63, 3.8) is 0 Å². The van der Waals surface area contributed by atoms with Gasteiger partial charge in [0.15, 0.2) is 5.82 Å². The summed E-state index contributed by atoms with van der Waals surface area (Å²) in [6, 6.07) is 4.12. The van der Waals surface area contributed by atoms with Crippen LogP contribution in [-0.2, 0) is 11.2 Å². The highest BCUT2D eigenvalue weighted by molar-refractivity contribution is 7.09. The van der Waals surface area contributed by atoms with Crippen molar-refractivity contribution >= 4 is 17.2 Å². The molecule has 0 bridgehead atoms. The first-order chi connectivity index (χ1) is 11.2. The summed E-state index contributed by atoms with van der Waals surface area (Å²) in [7, 11) is 0. The number of thiophene rings is 1. The Labute approximate surface area is 139 Å². The molecule has 1 amide bonds. The van der Waals surface area contributed by atoms with Crippen LogP contribution in [0.3, 0.4) is 0 Å². The van der Waals surface area contributed by atoms with E-state index in [1.165, 1.54) is 4.88 Å². The number of hydrogen-bond acceptors (Lipinski definition) is 5. The van der Waals surface area contributed by atoms with Crippen molar-refractivity contribution < 1.29 is 9.32 Å². The molecule has 3 heterocycles. The van der Waals surface area contributed by atoms with E-state index in [-0.39, 0.29) is 17.9 Å². The van der Waals surface area contributed by atoms with Crippen molar-refractivity contribution in [3.8, 4) is 0 Å². The summed E-state index contributed by atoms with van der Waals surface area (Å²) in [4.78, 5) is 20.6. The number of hydrogen-bond donors (Lipinski definition) is 0. The van der Waals surface area contributed by atoms with Gasteiger partial charge in [0, 0.05) is 23.3 Å². The van der Waals surface area contributed by atoms with Crippen molar-refractivity contribution in [2.75, 3.05) is 6.54 Å². The van der Waals surface area contributed by atoms with Crippen LogP contribution >= 0.6 is 11.3 Å². The normalized spacial score (nSPS) is 22.5. The maximum absolute atomic E-state index is 12.9. The fourth-order valence-electron chi connectivity index (χ4n) is 3.28. The van der Waals surface area contributed by atoms with Gasteiger partial charge in [-0.3, -0.25) is 4.79 Å².